The van der Waals surface area contributed by atoms with Crippen molar-refractivity contribution in [3.05, 3.63) is 84.0 Å². The third-order valence-corrected chi connectivity index (χ3v) is 4.63. The summed E-state index contributed by atoms with van der Waals surface area (Å²) in [7, 11) is 0. The Bertz CT molecular complexity index is 986. The van der Waals surface area contributed by atoms with Gasteiger partial charge in [0.2, 0.25) is 0 Å². The van der Waals surface area contributed by atoms with Gasteiger partial charge in [-0.3, -0.25) is 4.79 Å². The van der Waals surface area contributed by atoms with E-state index in [1.165, 1.54) is 13.8 Å². The minimum absolute atomic E-state index is 0.0940. The predicted molar refractivity (Wildman–Crippen MR) is 131 cm³/mol. The number of hydrogen-bond acceptors (Lipinski definition) is 9. The molecule has 0 saturated heterocycles. The zero-order valence-electron chi connectivity index (χ0n) is 20.3. The van der Waals surface area contributed by atoms with E-state index in [2.05, 4.69) is 13.2 Å². The molecule has 0 saturated carbocycles. The van der Waals surface area contributed by atoms with Crippen LogP contribution in [0.5, 0.6) is 11.5 Å². The Morgan fingerprint density at radius 2 is 1.00 bits per heavy atom. The molecule has 0 aliphatic carbocycles. The zero-order chi connectivity index (χ0) is 26.7. The number of esters is 2. The van der Waals surface area contributed by atoms with Crippen molar-refractivity contribution in [1.29, 1.82) is 0 Å². The molecule has 2 N–H and O–H groups in total. The van der Waals surface area contributed by atoms with Crippen LogP contribution < -0.4 is 9.47 Å². The summed E-state index contributed by atoms with van der Waals surface area (Å²) in [4.78, 5) is 35.4. The normalized spacial score (nSPS) is 12.1. The molecular weight excluding hydrogens is 468 g/mol. The Balaban J connectivity index is 1.81. The number of rotatable bonds is 14. The molecule has 0 spiro atoms. The lowest BCUT2D eigenvalue weighted by Crippen LogP contribution is -2.25. The lowest BCUT2D eigenvalue weighted by atomic mass is 10.0. The minimum Gasteiger partial charge on any atom is -0.491 e. The van der Waals surface area contributed by atoms with E-state index in [4.69, 9.17) is 18.9 Å². The van der Waals surface area contributed by atoms with Crippen LogP contribution in [0.2, 0.25) is 0 Å². The lowest BCUT2D eigenvalue weighted by molar-refractivity contribution is -0.143. The van der Waals surface area contributed by atoms with Crippen LogP contribution >= 0.6 is 0 Å². The molecule has 0 heterocycles. The highest BCUT2D eigenvalue weighted by Gasteiger charge is 2.13. The van der Waals surface area contributed by atoms with E-state index in [9.17, 15) is 24.6 Å². The van der Waals surface area contributed by atoms with Crippen LogP contribution in [0.3, 0.4) is 0 Å². The minimum atomic E-state index is -1.01. The van der Waals surface area contributed by atoms with Crippen LogP contribution in [0, 0.1) is 0 Å². The first kappa shape index (κ1) is 28.3. The molecule has 2 atom stereocenters. The second-order valence-corrected chi connectivity index (χ2v) is 8.07. The van der Waals surface area contributed by atoms with Gasteiger partial charge in [-0.1, -0.05) is 13.2 Å². The van der Waals surface area contributed by atoms with E-state index >= 15 is 0 Å². The van der Waals surface area contributed by atoms with Gasteiger partial charge in [-0.2, -0.15) is 0 Å². The Hall–Kier alpha value is -3.95. The van der Waals surface area contributed by atoms with E-state index in [0.29, 0.717) is 22.6 Å². The van der Waals surface area contributed by atoms with Crippen molar-refractivity contribution in [2.24, 2.45) is 0 Å². The van der Waals surface area contributed by atoms with Crippen molar-refractivity contribution in [3.8, 4) is 11.5 Å². The molecule has 0 aliphatic rings. The van der Waals surface area contributed by atoms with Crippen molar-refractivity contribution >= 4 is 17.7 Å². The van der Waals surface area contributed by atoms with Gasteiger partial charge in [0.25, 0.3) is 0 Å². The Morgan fingerprint density at radius 1 is 0.667 bits per heavy atom. The predicted octanol–water partition coefficient (Wildman–Crippen LogP) is 2.64. The van der Waals surface area contributed by atoms with Crippen LogP contribution in [0.4, 0.5) is 0 Å². The summed E-state index contributed by atoms with van der Waals surface area (Å²) in [6.45, 7) is 9.31. The molecule has 0 bridgehead atoms. The first-order chi connectivity index (χ1) is 17.1. The molecule has 2 aromatic rings. The van der Waals surface area contributed by atoms with Crippen molar-refractivity contribution in [2.45, 2.75) is 26.1 Å². The molecule has 0 fully saturated rings. The van der Waals surface area contributed by atoms with Gasteiger partial charge in [0.15, 0.2) is 5.78 Å². The van der Waals surface area contributed by atoms with E-state index in [0.717, 1.165) is 0 Å². The maximum Gasteiger partial charge on any atom is 0.333 e. The van der Waals surface area contributed by atoms with Crippen LogP contribution in [0.15, 0.2) is 72.8 Å². The van der Waals surface area contributed by atoms with Crippen LogP contribution in [0.25, 0.3) is 0 Å². The molecule has 2 aromatic carbocycles. The summed E-state index contributed by atoms with van der Waals surface area (Å²) in [5.74, 6) is -0.515. The van der Waals surface area contributed by atoms with Gasteiger partial charge in [-0.15, -0.1) is 0 Å². The molecule has 2 rings (SSSR count). The van der Waals surface area contributed by atoms with Gasteiger partial charge in [0.05, 0.1) is 0 Å². The first-order valence-corrected chi connectivity index (χ1v) is 11.1. The number of carbonyl (C=O) groups excluding carboxylic acids is 3. The van der Waals surface area contributed by atoms with E-state index in [1.807, 2.05) is 0 Å². The number of ketones is 1. The van der Waals surface area contributed by atoms with Crippen molar-refractivity contribution < 1.29 is 43.5 Å². The van der Waals surface area contributed by atoms with Gasteiger partial charge in [0.1, 0.15) is 50.1 Å². The van der Waals surface area contributed by atoms with Crippen molar-refractivity contribution in [1.82, 2.24) is 0 Å². The topological polar surface area (TPSA) is 129 Å². The Morgan fingerprint density at radius 3 is 1.31 bits per heavy atom. The lowest BCUT2D eigenvalue weighted by Gasteiger charge is -2.13. The maximum atomic E-state index is 12.7. The largest absolute Gasteiger partial charge is 0.491 e. The summed E-state index contributed by atoms with van der Waals surface area (Å²) >= 11 is 0. The number of hydrogen-bond donors (Lipinski definition) is 2. The average Bonchev–Trinajstić information content (AvgIpc) is 2.87. The van der Waals surface area contributed by atoms with Gasteiger partial charge >= 0.3 is 11.9 Å². The van der Waals surface area contributed by atoms with E-state index in [-0.39, 0.29) is 43.4 Å². The summed E-state index contributed by atoms with van der Waals surface area (Å²) in [6, 6.07) is 12.8. The molecule has 9 heteroatoms. The molecular formula is C27H30O9. The molecule has 2 unspecified atom stereocenters. The number of benzene rings is 2. The molecule has 9 nitrogen and oxygen atoms in total. The van der Waals surface area contributed by atoms with Gasteiger partial charge in [-0.05, 0) is 62.4 Å². The molecule has 192 valence electrons. The fraction of sp³-hybridized carbons (Fsp3) is 0.296. The Kier molecular flexibility index (Phi) is 10.9. The zero-order valence-corrected chi connectivity index (χ0v) is 20.3. The van der Waals surface area contributed by atoms with Gasteiger partial charge in [0, 0.05) is 22.3 Å². The van der Waals surface area contributed by atoms with Gasteiger partial charge in [-0.25, -0.2) is 9.59 Å². The van der Waals surface area contributed by atoms with Gasteiger partial charge < -0.3 is 29.2 Å². The fourth-order valence-electron chi connectivity index (χ4n) is 2.64. The number of aliphatic hydroxyl groups is 2. The molecule has 36 heavy (non-hydrogen) atoms. The maximum absolute atomic E-state index is 12.7. The summed E-state index contributed by atoms with van der Waals surface area (Å²) in [5.41, 5.74) is 1.34. The average molecular weight is 499 g/mol. The summed E-state index contributed by atoms with van der Waals surface area (Å²) in [5, 5.41) is 19.7. The fourth-order valence-corrected chi connectivity index (χ4v) is 2.64. The second kappa shape index (κ2) is 13.8. The number of ether oxygens (including phenoxy) is 4. The summed E-state index contributed by atoms with van der Waals surface area (Å²) < 4.78 is 20.6. The van der Waals surface area contributed by atoms with Crippen molar-refractivity contribution in [2.75, 3.05) is 26.4 Å². The number of carbonyl (C=O) groups is 3. The standard InChI is InChI=1S/C27H30O9/c1-17(2)26(31)35-15-21(28)13-33-23-9-5-19(6-10-23)25(30)20-7-11-24(12-8-20)34-14-22(29)16-36-27(32)18(3)4/h5-12,21-22,28-29H,1,3,13-16H2,2,4H3. The SMILES string of the molecule is C=C(C)C(=O)OCC(O)COc1ccc(C(=O)c2ccc(OCC(O)COC(=O)C(=C)C)cc2)cc1. The molecule has 0 radical (unpaired) electrons. The third-order valence-electron chi connectivity index (χ3n) is 4.63. The summed E-state index contributed by atoms with van der Waals surface area (Å²) in [6.07, 6.45) is -2.02. The van der Waals surface area contributed by atoms with Crippen LogP contribution in [-0.2, 0) is 19.1 Å². The van der Waals surface area contributed by atoms with Crippen LogP contribution in [-0.4, -0.2) is 66.6 Å². The Labute approximate surface area is 209 Å². The smallest absolute Gasteiger partial charge is 0.333 e. The second-order valence-electron chi connectivity index (χ2n) is 8.07. The highest BCUT2D eigenvalue weighted by molar-refractivity contribution is 6.09. The first-order valence-electron chi connectivity index (χ1n) is 11.1. The molecule has 0 amide bonds. The molecule has 0 aliphatic heterocycles. The van der Waals surface area contributed by atoms with Crippen molar-refractivity contribution in [3.63, 3.8) is 0 Å². The van der Waals surface area contributed by atoms with E-state index < -0.39 is 24.1 Å². The number of aliphatic hydroxyl groups excluding tert-OH is 2. The van der Waals surface area contributed by atoms with E-state index in [1.54, 1.807) is 48.5 Å². The molecule has 0 aromatic heterocycles. The quantitative estimate of drug-likeness (QED) is 0.229. The third kappa shape index (κ3) is 9.36. The highest BCUT2D eigenvalue weighted by Crippen LogP contribution is 2.18. The monoisotopic (exact) mass is 498 g/mol. The highest BCUT2D eigenvalue weighted by atomic mass is 16.6. The van der Waals surface area contributed by atoms with Crippen LogP contribution in [0.1, 0.15) is 29.8 Å².